The molecule has 1 aromatic carbocycles. The molecule has 1 heterocycles. The molecule has 32 heavy (non-hydrogen) atoms. The molecule has 8 nitrogen and oxygen atoms in total. The predicted octanol–water partition coefficient (Wildman–Crippen LogP) is 4.04. The highest BCUT2D eigenvalue weighted by Gasteiger charge is 2.14. The monoisotopic (exact) mass is 440 g/mol. The maximum atomic E-state index is 8.54. The molecule has 8 heteroatoms. The largest absolute Gasteiger partial charge is 0.381 e. The number of hydrogen-bond donors (Lipinski definition) is 5. The van der Waals surface area contributed by atoms with E-state index in [0.29, 0.717) is 17.5 Å². The van der Waals surface area contributed by atoms with Gasteiger partial charge < -0.3 is 20.2 Å². The van der Waals surface area contributed by atoms with Crippen LogP contribution in [0.5, 0.6) is 0 Å². The van der Waals surface area contributed by atoms with Crippen molar-refractivity contribution in [2.75, 3.05) is 25.6 Å². The maximum absolute atomic E-state index is 8.54. The van der Waals surface area contributed by atoms with Crippen molar-refractivity contribution in [3.8, 4) is 0 Å². The molecule has 0 spiro atoms. The van der Waals surface area contributed by atoms with Crippen molar-refractivity contribution in [2.24, 2.45) is 4.99 Å². The Morgan fingerprint density at radius 3 is 2.56 bits per heavy atom. The van der Waals surface area contributed by atoms with Gasteiger partial charge in [-0.3, -0.25) is 5.41 Å². The number of hydrogen-bond acceptors (Lipinski definition) is 8. The van der Waals surface area contributed by atoms with Crippen LogP contribution >= 0.6 is 0 Å². The second kappa shape index (κ2) is 13.5. The van der Waals surface area contributed by atoms with Gasteiger partial charge >= 0.3 is 0 Å². The number of rotatable bonds is 12. The SMILES string of the molecule is C=C(/C=N\C(ONNC1CCOCC1)=C(\C)CC)C(=N)/C(C)=C(/NC)Nc1ccccc1. The molecular formula is C24H36N6O2. The highest BCUT2D eigenvalue weighted by Crippen LogP contribution is 2.14. The quantitative estimate of drug-likeness (QED) is 0.191. The number of ether oxygens (including phenoxy) is 1. The molecule has 1 aliphatic rings. The zero-order valence-electron chi connectivity index (χ0n) is 19.5. The molecule has 5 N–H and O–H groups in total. The summed E-state index contributed by atoms with van der Waals surface area (Å²) in [4.78, 5) is 10.1. The van der Waals surface area contributed by atoms with Gasteiger partial charge in [0.2, 0.25) is 5.88 Å². The van der Waals surface area contributed by atoms with Gasteiger partial charge in [0, 0.05) is 49.4 Å². The van der Waals surface area contributed by atoms with Crippen LogP contribution in [0.4, 0.5) is 5.69 Å². The van der Waals surface area contributed by atoms with Crippen LogP contribution in [0.2, 0.25) is 0 Å². The van der Waals surface area contributed by atoms with Crippen molar-refractivity contribution in [1.82, 2.24) is 16.3 Å². The fourth-order valence-corrected chi connectivity index (χ4v) is 2.95. The minimum atomic E-state index is 0.281. The average Bonchev–Trinajstić information content (AvgIpc) is 2.84. The van der Waals surface area contributed by atoms with Gasteiger partial charge in [-0.1, -0.05) is 37.3 Å². The number of allylic oxidation sites excluding steroid dienone is 3. The summed E-state index contributed by atoms with van der Waals surface area (Å²) < 4.78 is 5.36. The van der Waals surface area contributed by atoms with E-state index in [4.69, 9.17) is 15.0 Å². The molecule has 0 atom stereocenters. The molecule has 0 amide bonds. The van der Waals surface area contributed by atoms with Crippen LogP contribution in [-0.2, 0) is 9.57 Å². The second-order valence-corrected chi connectivity index (χ2v) is 7.57. The summed E-state index contributed by atoms with van der Waals surface area (Å²) in [5.41, 5.74) is 9.37. The van der Waals surface area contributed by atoms with E-state index in [9.17, 15) is 0 Å². The Morgan fingerprint density at radius 2 is 1.94 bits per heavy atom. The van der Waals surface area contributed by atoms with E-state index in [2.05, 4.69) is 33.2 Å². The van der Waals surface area contributed by atoms with E-state index in [-0.39, 0.29) is 5.71 Å². The molecule has 2 rings (SSSR count). The van der Waals surface area contributed by atoms with Crippen molar-refractivity contribution in [2.45, 2.75) is 46.1 Å². The minimum absolute atomic E-state index is 0.281. The fraction of sp³-hybridized carbons (Fsp3) is 0.417. The summed E-state index contributed by atoms with van der Waals surface area (Å²) in [6.07, 6.45) is 4.21. The topological polar surface area (TPSA) is 103 Å². The maximum Gasteiger partial charge on any atom is 0.238 e. The van der Waals surface area contributed by atoms with Crippen LogP contribution in [0.1, 0.15) is 40.0 Å². The number of nitrogens with one attached hydrogen (secondary N) is 5. The first-order valence-corrected chi connectivity index (χ1v) is 10.9. The van der Waals surface area contributed by atoms with Crippen LogP contribution in [0.15, 0.2) is 70.3 Å². The Balaban J connectivity index is 2.02. The molecule has 0 saturated carbocycles. The number of anilines is 1. The van der Waals surface area contributed by atoms with Gasteiger partial charge in [0.05, 0.1) is 5.71 Å². The lowest BCUT2D eigenvalue weighted by Crippen LogP contribution is -2.43. The van der Waals surface area contributed by atoms with Crippen molar-refractivity contribution in [3.05, 3.63) is 65.3 Å². The third-order valence-corrected chi connectivity index (χ3v) is 5.23. The van der Waals surface area contributed by atoms with Crippen LogP contribution in [0.3, 0.4) is 0 Å². The fourth-order valence-electron chi connectivity index (χ4n) is 2.95. The van der Waals surface area contributed by atoms with Crippen molar-refractivity contribution in [3.63, 3.8) is 0 Å². The van der Waals surface area contributed by atoms with Gasteiger partial charge in [0.25, 0.3) is 0 Å². The van der Waals surface area contributed by atoms with Gasteiger partial charge in [-0.15, -0.1) is 0 Å². The zero-order chi connectivity index (χ0) is 23.3. The first-order chi connectivity index (χ1) is 15.5. The van der Waals surface area contributed by atoms with Gasteiger partial charge in [0.15, 0.2) is 0 Å². The predicted molar refractivity (Wildman–Crippen MR) is 131 cm³/mol. The third-order valence-electron chi connectivity index (χ3n) is 5.23. The molecule has 0 unspecified atom stereocenters. The number of para-hydroxylation sites is 1. The second-order valence-electron chi connectivity index (χ2n) is 7.57. The lowest BCUT2D eigenvalue weighted by atomic mass is 10.1. The Labute approximate surface area is 191 Å². The van der Waals surface area contributed by atoms with Crippen LogP contribution in [0, 0.1) is 5.41 Å². The summed E-state index contributed by atoms with van der Waals surface area (Å²) in [7, 11) is 1.81. The Morgan fingerprint density at radius 1 is 1.25 bits per heavy atom. The number of aliphatic imine (C=N–C) groups is 1. The van der Waals surface area contributed by atoms with Crippen LogP contribution in [-0.4, -0.2) is 38.2 Å². The molecular weight excluding hydrogens is 404 g/mol. The third kappa shape index (κ3) is 7.96. The molecule has 0 aliphatic carbocycles. The Hall–Kier alpha value is -2.94. The van der Waals surface area contributed by atoms with Crippen LogP contribution < -0.4 is 21.6 Å². The van der Waals surface area contributed by atoms with Crippen LogP contribution in [0.25, 0.3) is 0 Å². The molecule has 0 aromatic heterocycles. The molecule has 1 aromatic rings. The molecule has 1 saturated heterocycles. The standard InChI is InChI=1S/C24H36N6O2/c1-6-17(2)24(32-30-29-21-12-14-31-15-13-21)27-16-18(3)22(25)19(4)23(26-5)28-20-10-8-7-9-11-20/h7-11,16,21,25-26,28-30H,3,6,12-15H2,1-2,4-5H3/b23-19-,24-17+,25-22?,27-16-. The van der Waals surface area contributed by atoms with E-state index < -0.39 is 0 Å². The van der Waals surface area contributed by atoms with Crippen molar-refractivity contribution >= 4 is 17.6 Å². The summed E-state index contributed by atoms with van der Waals surface area (Å²) in [6.45, 7) is 11.4. The molecule has 174 valence electrons. The Kier molecular flexibility index (Phi) is 10.7. The lowest BCUT2D eigenvalue weighted by Gasteiger charge is -2.23. The lowest BCUT2D eigenvalue weighted by molar-refractivity contribution is 0.0201. The molecule has 1 aliphatic heterocycles. The van der Waals surface area contributed by atoms with E-state index in [1.54, 1.807) is 6.21 Å². The number of nitrogens with zero attached hydrogens (tertiary/aromatic N) is 1. The molecule has 1 fully saturated rings. The smallest absolute Gasteiger partial charge is 0.238 e. The highest BCUT2D eigenvalue weighted by molar-refractivity contribution is 6.22. The van der Waals surface area contributed by atoms with Gasteiger partial charge in [-0.25, -0.2) is 10.4 Å². The van der Waals surface area contributed by atoms with E-state index in [0.717, 1.165) is 55.1 Å². The van der Waals surface area contributed by atoms with Gasteiger partial charge in [-0.2, -0.15) is 0 Å². The van der Waals surface area contributed by atoms with E-state index >= 15 is 0 Å². The first kappa shape index (κ1) is 25.3. The van der Waals surface area contributed by atoms with E-state index in [1.165, 1.54) is 0 Å². The summed E-state index contributed by atoms with van der Waals surface area (Å²) in [5, 5.41) is 15.0. The molecule has 0 bridgehead atoms. The summed E-state index contributed by atoms with van der Waals surface area (Å²) in [5.74, 6) is 1.19. The summed E-state index contributed by atoms with van der Waals surface area (Å²) >= 11 is 0. The van der Waals surface area contributed by atoms with Gasteiger partial charge in [-0.05, 0) is 50.8 Å². The molecule has 0 radical (unpaired) electrons. The minimum Gasteiger partial charge on any atom is -0.381 e. The summed E-state index contributed by atoms with van der Waals surface area (Å²) in [6, 6.07) is 10.1. The van der Waals surface area contributed by atoms with E-state index in [1.807, 2.05) is 58.2 Å². The van der Waals surface area contributed by atoms with Crippen molar-refractivity contribution in [1.29, 1.82) is 5.41 Å². The van der Waals surface area contributed by atoms with Crippen molar-refractivity contribution < 1.29 is 9.57 Å². The number of hydrazine groups is 1. The average molecular weight is 441 g/mol. The first-order valence-electron chi connectivity index (χ1n) is 10.9. The highest BCUT2D eigenvalue weighted by atomic mass is 16.7. The van der Waals surface area contributed by atoms with Gasteiger partial charge in [0.1, 0.15) is 5.82 Å². The zero-order valence-corrected chi connectivity index (χ0v) is 19.5. The number of benzene rings is 1. The normalized spacial score (nSPS) is 16.2. The Bertz CT molecular complexity index is 855.